The lowest BCUT2D eigenvalue weighted by molar-refractivity contribution is -0.123. The lowest BCUT2D eigenvalue weighted by Crippen LogP contribution is -2.47. The third-order valence-electron chi connectivity index (χ3n) is 5.31. The molecule has 2 aliphatic rings. The molecule has 6 nitrogen and oxygen atoms in total. The first-order chi connectivity index (χ1) is 12.3. The fourth-order valence-corrected chi connectivity index (χ4v) is 3.91. The molecule has 2 saturated heterocycles. The van der Waals surface area contributed by atoms with E-state index in [1.165, 1.54) is 24.8 Å². The minimum absolute atomic E-state index is 0.0944. The van der Waals surface area contributed by atoms with Gasteiger partial charge in [0.15, 0.2) is 0 Å². The highest BCUT2D eigenvalue weighted by Gasteiger charge is 2.30. The van der Waals surface area contributed by atoms with Crippen molar-refractivity contribution in [2.45, 2.75) is 63.6 Å². The summed E-state index contributed by atoms with van der Waals surface area (Å²) in [4.78, 5) is 19.3. The standard InChI is InChI=1S/C19H31N5O/c1-2-7-16-12-17(23-22-16)19(25)21-14-18(15-8-6-9-20-13-15)24-10-4-3-5-11-24/h6,8-9,13,16-18,22-23H,2-5,7,10-12,14H2,1H3,(H,21,25). The summed E-state index contributed by atoms with van der Waals surface area (Å²) in [5.74, 6) is 0.0944. The van der Waals surface area contributed by atoms with Gasteiger partial charge in [-0.2, -0.15) is 0 Å². The first-order valence-corrected chi connectivity index (χ1v) is 9.70. The van der Waals surface area contributed by atoms with E-state index in [9.17, 15) is 4.79 Å². The van der Waals surface area contributed by atoms with Gasteiger partial charge in [0.05, 0.1) is 6.04 Å². The van der Waals surface area contributed by atoms with Gasteiger partial charge in [-0.3, -0.25) is 20.1 Å². The summed E-state index contributed by atoms with van der Waals surface area (Å²) in [6, 6.07) is 4.57. The molecule has 3 rings (SSSR count). The number of hydrazine groups is 1. The summed E-state index contributed by atoms with van der Waals surface area (Å²) in [5.41, 5.74) is 7.57. The second-order valence-electron chi connectivity index (χ2n) is 7.21. The van der Waals surface area contributed by atoms with Crippen LogP contribution in [-0.4, -0.2) is 47.5 Å². The van der Waals surface area contributed by atoms with Crippen LogP contribution >= 0.6 is 0 Å². The van der Waals surface area contributed by atoms with Crippen molar-refractivity contribution in [2.75, 3.05) is 19.6 Å². The quantitative estimate of drug-likeness (QED) is 0.703. The number of hydrogen-bond donors (Lipinski definition) is 3. The van der Waals surface area contributed by atoms with Crippen LogP contribution in [0.4, 0.5) is 0 Å². The van der Waals surface area contributed by atoms with Gasteiger partial charge in [0.2, 0.25) is 5.91 Å². The van der Waals surface area contributed by atoms with Crippen molar-refractivity contribution >= 4 is 5.91 Å². The highest BCUT2D eigenvalue weighted by molar-refractivity contribution is 5.82. The molecule has 0 spiro atoms. The maximum absolute atomic E-state index is 12.6. The Balaban J connectivity index is 1.58. The van der Waals surface area contributed by atoms with Crippen LogP contribution in [0.2, 0.25) is 0 Å². The summed E-state index contributed by atoms with van der Waals surface area (Å²) in [6.07, 6.45) is 10.6. The zero-order chi connectivity index (χ0) is 17.5. The molecule has 0 saturated carbocycles. The first kappa shape index (κ1) is 18.3. The SMILES string of the molecule is CCCC1CC(C(=O)NCC(c2cccnc2)N2CCCCC2)NN1. The number of likely N-dealkylation sites (tertiary alicyclic amines) is 1. The van der Waals surface area contributed by atoms with Crippen LogP contribution in [0.25, 0.3) is 0 Å². The molecule has 2 fully saturated rings. The number of carbonyl (C=O) groups excluding carboxylic acids is 1. The van der Waals surface area contributed by atoms with Crippen molar-refractivity contribution in [3.8, 4) is 0 Å². The van der Waals surface area contributed by atoms with Crippen LogP contribution in [0.1, 0.15) is 57.1 Å². The van der Waals surface area contributed by atoms with Crippen molar-refractivity contribution in [3.05, 3.63) is 30.1 Å². The molecule has 0 aromatic carbocycles. The third kappa shape index (κ3) is 5.00. The number of piperidine rings is 1. The Bertz CT molecular complexity index is 532. The molecule has 138 valence electrons. The maximum atomic E-state index is 12.6. The summed E-state index contributed by atoms with van der Waals surface area (Å²) in [5, 5.41) is 3.17. The van der Waals surface area contributed by atoms with Gasteiger partial charge < -0.3 is 5.32 Å². The summed E-state index contributed by atoms with van der Waals surface area (Å²) >= 11 is 0. The zero-order valence-electron chi connectivity index (χ0n) is 15.2. The summed E-state index contributed by atoms with van der Waals surface area (Å²) < 4.78 is 0. The molecule has 3 unspecified atom stereocenters. The molecular formula is C19H31N5O. The van der Waals surface area contributed by atoms with Gasteiger partial charge >= 0.3 is 0 Å². The second-order valence-corrected chi connectivity index (χ2v) is 7.21. The highest BCUT2D eigenvalue weighted by Crippen LogP contribution is 2.23. The van der Waals surface area contributed by atoms with Crippen LogP contribution in [0.15, 0.2) is 24.5 Å². The first-order valence-electron chi connectivity index (χ1n) is 9.70. The van der Waals surface area contributed by atoms with Crippen molar-refractivity contribution in [1.29, 1.82) is 0 Å². The van der Waals surface area contributed by atoms with Crippen molar-refractivity contribution in [2.24, 2.45) is 0 Å². The fraction of sp³-hybridized carbons (Fsp3) is 0.684. The summed E-state index contributed by atoms with van der Waals surface area (Å²) in [7, 11) is 0. The predicted molar refractivity (Wildman–Crippen MR) is 98.8 cm³/mol. The van der Waals surface area contributed by atoms with Crippen molar-refractivity contribution < 1.29 is 4.79 Å². The Hall–Kier alpha value is -1.50. The van der Waals surface area contributed by atoms with Crippen LogP contribution in [0, 0.1) is 0 Å². The van der Waals surface area contributed by atoms with Gasteiger partial charge in [0.25, 0.3) is 0 Å². The van der Waals surface area contributed by atoms with Crippen molar-refractivity contribution in [1.82, 2.24) is 26.1 Å². The van der Waals surface area contributed by atoms with E-state index in [1.54, 1.807) is 6.20 Å². The number of nitrogens with zero attached hydrogens (tertiary/aromatic N) is 2. The van der Waals surface area contributed by atoms with Gasteiger partial charge in [-0.15, -0.1) is 0 Å². The second kappa shape index (κ2) is 9.27. The molecule has 25 heavy (non-hydrogen) atoms. The number of rotatable bonds is 7. The van der Waals surface area contributed by atoms with Crippen molar-refractivity contribution in [3.63, 3.8) is 0 Å². The van der Waals surface area contributed by atoms with E-state index in [0.29, 0.717) is 12.6 Å². The number of aromatic nitrogens is 1. The Morgan fingerprint density at radius 3 is 2.92 bits per heavy atom. The third-order valence-corrected chi connectivity index (χ3v) is 5.31. The van der Waals surface area contributed by atoms with Crippen LogP contribution in [-0.2, 0) is 4.79 Å². The minimum Gasteiger partial charge on any atom is -0.353 e. The minimum atomic E-state index is -0.132. The van der Waals surface area contributed by atoms with Gasteiger partial charge in [0, 0.05) is 25.0 Å². The average molecular weight is 345 g/mol. The average Bonchev–Trinajstić information content (AvgIpc) is 3.13. The van der Waals surface area contributed by atoms with E-state index in [1.807, 2.05) is 12.3 Å². The molecule has 3 N–H and O–H groups in total. The topological polar surface area (TPSA) is 69.3 Å². The molecular weight excluding hydrogens is 314 g/mol. The normalized spacial score (nSPS) is 25.6. The lowest BCUT2D eigenvalue weighted by atomic mass is 10.0. The molecule has 1 aromatic heterocycles. The Kier molecular flexibility index (Phi) is 6.78. The van der Waals surface area contributed by atoms with Crippen LogP contribution < -0.4 is 16.2 Å². The van der Waals surface area contributed by atoms with E-state index in [2.05, 4.69) is 39.0 Å². The molecule has 0 aliphatic carbocycles. The van der Waals surface area contributed by atoms with Crippen LogP contribution in [0.3, 0.4) is 0 Å². The fourth-order valence-electron chi connectivity index (χ4n) is 3.91. The zero-order valence-corrected chi connectivity index (χ0v) is 15.2. The smallest absolute Gasteiger partial charge is 0.238 e. The Morgan fingerprint density at radius 2 is 2.20 bits per heavy atom. The molecule has 0 radical (unpaired) electrons. The predicted octanol–water partition coefficient (Wildman–Crippen LogP) is 1.76. The lowest BCUT2D eigenvalue weighted by Gasteiger charge is -2.35. The van der Waals surface area contributed by atoms with Crippen LogP contribution in [0.5, 0.6) is 0 Å². The van der Waals surface area contributed by atoms with E-state index in [4.69, 9.17) is 0 Å². The van der Waals surface area contributed by atoms with Gasteiger partial charge in [-0.25, -0.2) is 5.43 Å². The maximum Gasteiger partial charge on any atom is 0.238 e. The van der Waals surface area contributed by atoms with E-state index >= 15 is 0 Å². The molecule has 3 atom stereocenters. The number of pyridine rings is 1. The Morgan fingerprint density at radius 1 is 1.36 bits per heavy atom. The number of nitrogens with one attached hydrogen (secondary N) is 3. The van der Waals surface area contributed by atoms with Gasteiger partial charge in [-0.1, -0.05) is 25.8 Å². The molecule has 3 heterocycles. The largest absolute Gasteiger partial charge is 0.353 e. The number of carbonyl (C=O) groups is 1. The molecule has 1 aromatic rings. The number of amides is 1. The van der Waals surface area contributed by atoms with Gasteiger partial charge in [-0.05, 0) is 50.4 Å². The molecule has 2 aliphatic heterocycles. The van der Waals surface area contributed by atoms with E-state index < -0.39 is 0 Å². The van der Waals surface area contributed by atoms with Gasteiger partial charge in [0.1, 0.15) is 6.04 Å². The Labute approximate surface area is 150 Å². The monoisotopic (exact) mass is 345 g/mol. The molecule has 6 heteroatoms. The number of hydrogen-bond acceptors (Lipinski definition) is 5. The van der Waals surface area contributed by atoms with E-state index in [0.717, 1.165) is 32.4 Å². The summed E-state index contributed by atoms with van der Waals surface area (Å²) in [6.45, 7) is 5.00. The highest BCUT2D eigenvalue weighted by atomic mass is 16.2. The van der Waals surface area contributed by atoms with E-state index in [-0.39, 0.29) is 18.0 Å². The molecule has 1 amide bonds. The molecule has 0 bridgehead atoms.